The number of halogens is 2. The van der Waals surface area contributed by atoms with Crippen LogP contribution in [0.5, 0.6) is 0 Å². The van der Waals surface area contributed by atoms with Gasteiger partial charge < -0.3 is 5.32 Å². The highest BCUT2D eigenvalue weighted by molar-refractivity contribution is 6.32. The molecule has 110 valence electrons. The predicted molar refractivity (Wildman–Crippen MR) is 81.2 cm³/mol. The lowest BCUT2D eigenvalue weighted by Gasteiger charge is -2.19. The summed E-state index contributed by atoms with van der Waals surface area (Å²) in [5, 5.41) is 14.1. The molecule has 0 saturated heterocycles. The first-order valence-corrected chi connectivity index (χ1v) is 6.85. The van der Waals surface area contributed by atoms with E-state index in [1.165, 1.54) is 24.3 Å². The third kappa shape index (κ3) is 3.70. The van der Waals surface area contributed by atoms with E-state index in [4.69, 9.17) is 11.6 Å². The van der Waals surface area contributed by atoms with Crippen molar-refractivity contribution in [3.63, 3.8) is 0 Å². The van der Waals surface area contributed by atoms with Crippen LogP contribution in [0.25, 0.3) is 0 Å². The van der Waals surface area contributed by atoms with Crippen LogP contribution < -0.4 is 5.32 Å². The van der Waals surface area contributed by atoms with Crippen LogP contribution in [0.3, 0.4) is 0 Å². The average molecular weight is 309 g/mol. The van der Waals surface area contributed by atoms with E-state index in [-0.39, 0.29) is 22.6 Å². The number of benzene rings is 2. The maximum atomic E-state index is 13.0. The van der Waals surface area contributed by atoms with Gasteiger partial charge in [-0.05, 0) is 36.2 Å². The van der Waals surface area contributed by atoms with Gasteiger partial charge in [0.15, 0.2) is 0 Å². The number of nitro benzene ring substituents is 1. The molecule has 0 aliphatic carbocycles. The molecule has 0 spiro atoms. The fourth-order valence-corrected chi connectivity index (χ4v) is 2.31. The Morgan fingerprint density at radius 2 is 1.95 bits per heavy atom. The standard InChI is InChI=1S/C15H14ClFN2O2/c1-2-14(10-3-5-11(17)6-4-10)18-12-7-8-15(19(20)21)13(16)9-12/h3-9,14,18H,2H2,1H3. The second kappa shape index (κ2) is 6.54. The summed E-state index contributed by atoms with van der Waals surface area (Å²) in [5.41, 5.74) is 1.49. The number of hydrogen-bond acceptors (Lipinski definition) is 3. The Labute approximate surface area is 126 Å². The van der Waals surface area contributed by atoms with Crippen molar-refractivity contribution < 1.29 is 9.31 Å². The molecule has 0 aliphatic heterocycles. The lowest BCUT2D eigenvalue weighted by atomic mass is 10.0. The SMILES string of the molecule is CCC(Nc1ccc([N+](=O)[O-])c(Cl)c1)c1ccc(F)cc1. The van der Waals surface area contributed by atoms with E-state index in [9.17, 15) is 14.5 Å². The lowest BCUT2D eigenvalue weighted by Crippen LogP contribution is -2.09. The summed E-state index contributed by atoms with van der Waals surface area (Å²) < 4.78 is 13.0. The molecule has 0 aromatic heterocycles. The van der Waals surface area contributed by atoms with Gasteiger partial charge in [0.1, 0.15) is 10.8 Å². The fraction of sp³-hybridized carbons (Fsp3) is 0.200. The van der Waals surface area contributed by atoms with E-state index in [0.29, 0.717) is 5.69 Å². The largest absolute Gasteiger partial charge is 0.378 e. The van der Waals surface area contributed by atoms with E-state index >= 15 is 0 Å². The van der Waals surface area contributed by atoms with E-state index in [0.717, 1.165) is 12.0 Å². The molecule has 2 aromatic carbocycles. The summed E-state index contributed by atoms with van der Waals surface area (Å²) in [7, 11) is 0. The van der Waals surface area contributed by atoms with Crippen molar-refractivity contribution in [2.75, 3.05) is 5.32 Å². The highest BCUT2D eigenvalue weighted by atomic mass is 35.5. The van der Waals surface area contributed by atoms with Gasteiger partial charge in [0.25, 0.3) is 5.69 Å². The minimum absolute atomic E-state index is 0.0249. The maximum Gasteiger partial charge on any atom is 0.288 e. The van der Waals surface area contributed by atoms with Gasteiger partial charge >= 0.3 is 0 Å². The predicted octanol–water partition coefficient (Wildman–Crippen LogP) is 4.95. The zero-order chi connectivity index (χ0) is 15.4. The molecule has 21 heavy (non-hydrogen) atoms. The molecule has 0 radical (unpaired) electrons. The third-order valence-corrected chi connectivity index (χ3v) is 3.47. The number of hydrogen-bond donors (Lipinski definition) is 1. The van der Waals surface area contributed by atoms with Crippen molar-refractivity contribution in [1.82, 2.24) is 0 Å². The van der Waals surface area contributed by atoms with Gasteiger partial charge in [-0.2, -0.15) is 0 Å². The average Bonchev–Trinajstić information content (AvgIpc) is 2.45. The van der Waals surface area contributed by atoms with Gasteiger partial charge in [-0.15, -0.1) is 0 Å². The van der Waals surface area contributed by atoms with Crippen LogP contribution in [-0.4, -0.2) is 4.92 Å². The Morgan fingerprint density at radius 1 is 1.29 bits per heavy atom. The van der Waals surface area contributed by atoms with Crippen LogP contribution in [0.1, 0.15) is 24.9 Å². The van der Waals surface area contributed by atoms with E-state index in [2.05, 4.69) is 5.32 Å². The van der Waals surface area contributed by atoms with Crippen LogP contribution in [0.2, 0.25) is 5.02 Å². The van der Waals surface area contributed by atoms with Gasteiger partial charge in [-0.3, -0.25) is 10.1 Å². The summed E-state index contributed by atoms with van der Waals surface area (Å²) in [6.07, 6.45) is 0.778. The normalized spacial score (nSPS) is 12.0. The highest BCUT2D eigenvalue weighted by Gasteiger charge is 2.14. The maximum absolute atomic E-state index is 13.0. The molecular formula is C15H14ClFN2O2. The van der Waals surface area contributed by atoms with Crippen LogP contribution in [0.15, 0.2) is 42.5 Å². The van der Waals surface area contributed by atoms with Gasteiger partial charge in [-0.25, -0.2) is 4.39 Å². The Hall–Kier alpha value is -2.14. The quantitative estimate of drug-likeness (QED) is 0.628. The minimum Gasteiger partial charge on any atom is -0.378 e. The molecule has 6 heteroatoms. The molecule has 0 amide bonds. The van der Waals surface area contributed by atoms with Crippen molar-refractivity contribution in [2.24, 2.45) is 0 Å². The molecule has 1 N–H and O–H groups in total. The van der Waals surface area contributed by atoms with E-state index in [1.54, 1.807) is 18.2 Å². The molecular weight excluding hydrogens is 295 g/mol. The first-order chi connectivity index (χ1) is 10.0. The van der Waals surface area contributed by atoms with Crippen molar-refractivity contribution >= 4 is 23.0 Å². The van der Waals surface area contributed by atoms with Gasteiger partial charge in [0, 0.05) is 11.8 Å². The third-order valence-electron chi connectivity index (χ3n) is 3.17. The van der Waals surface area contributed by atoms with E-state index in [1.807, 2.05) is 6.92 Å². The second-order valence-electron chi connectivity index (χ2n) is 4.58. The summed E-state index contributed by atoms with van der Waals surface area (Å²) in [6, 6.07) is 10.7. The first kappa shape index (κ1) is 15.3. The van der Waals surface area contributed by atoms with Gasteiger partial charge in [0.2, 0.25) is 0 Å². The van der Waals surface area contributed by atoms with Crippen LogP contribution >= 0.6 is 11.6 Å². The second-order valence-corrected chi connectivity index (χ2v) is 4.99. The highest BCUT2D eigenvalue weighted by Crippen LogP contribution is 2.30. The topological polar surface area (TPSA) is 55.2 Å². The van der Waals surface area contributed by atoms with Crippen LogP contribution in [-0.2, 0) is 0 Å². The van der Waals surface area contributed by atoms with E-state index < -0.39 is 4.92 Å². The first-order valence-electron chi connectivity index (χ1n) is 6.47. The van der Waals surface area contributed by atoms with Crippen molar-refractivity contribution in [3.05, 3.63) is 69.0 Å². The van der Waals surface area contributed by atoms with Crippen LogP contribution in [0, 0.1) is 15.9 Å². The molecule has 4 nitrogen and oxygen atoms in total. The molecule has 0 saturated carbocycles. The molecule has 1 unspecified atom stereocenters. The number of anilines is 1. The summed E-state index contributed by atoms with van der Waals surface area (Å²) in [6.45, 7) is 1.99. The Bertz CT molecular complexity index is 647. The van der Waals surface area contributed by atoms with Crippen LogP contribution in [0.4, 0.5) is 15.8 Å². The van der Waals surface area contributed by atoms with Gasteiger partial charge in [0.05, 0.1) is 11.0 Å². The molecule has 0 bridgehead atoms. The Balaban J connectivity index is 2.20. The molecule has 0 heterocycles. The molecule has 2 rings (SSSR count). The lowest BCUT2D eigenvalue weighted by molar-refractivity contribution is -0.384. The summed E-state index contributed by atoms with van der Waals surface area (Å²) in [4.78, 5) is 10.2. The molecule has 0 fully saturated rings. The molecule has 1 atom stereocenters. The number of nitrogens with one attached hydrogen (secondary N) is 1. The molecule has 0 aliphatic rings. The number of nitro groups is 1. The van der Waals surface area contributed by atoms with Gasteiger partial charge in [-0.1, -0.05) is 30.7 Å². The smallest absolute Gasteiger partial charge is 0.288 e. The van der Waals surface area contributed by atoms with Crippen molar-refractivity contribution in [1.29, 1.82) is 0 Å². The molecule has 2 aromatic rings. The number of nitrogens with zero attached hydrogens (tertiary/aromatic N) is 1. The minimum atomic E-state index is -0.524. The summed E-state index contributed by atoms with van der Waals surface area (Å²) >= 11 is 5.89. The number of rotatable bonds is 5. The monoisotopic (exact) mass is 308 g/mol. The van der Waals surface area contributed by atoms with Crippen molar-refractivity contribution in [2.45, 2.75) is 19.4 Å². The summed E-state index contributed by atoms with van der Waals surface area (Å²) in [5.74, 6) is -0.285. The zero-order valence-electron chi connectivity index (χ0n) is 11.3. The fourth-order valence-electron chi connectivity index (χ4n) is 2.06. The zero-order valence-corrected chi connectivity index (χ0v) is 12.1. The Morgan fingerprint density at radius 3 is 2.48 bits per heavy atom. The Kier molecular flexibility index (Phi) is 4.75. The van der Waals surface area contributed by atoms with Crippen molar-refractivity contribution in [3.8, 4) is 0 Å².